The van der Waals surface area contributed by atoms with Gasteiger partial charge in [-0.25, -0.2) is 0 Å². The molecule has 3 fully saturated rings. The average molecular weight is 417 g/mol. The van der Waals surface area contributed by atoms with E-state index in [1.54, 1.807) is 6.92 Å². The Morgan fingerprint density at radius 2 is 1.79 bits per heavy atom. The minimum atomic E-state index is -1.03. The van der Waals surface area contributed by atoms with Crippen LogP contribution < -0.4 is 0 Å². The van der Waals surface area contributed by atoms with Gasteiger partial charge in [0.1, 0.15) is 0 Å². The molecule has 5 rings (SSSR count). The Kier molecular flexibility index (Phi) is 3.93. The third-order valence-electron chi connectivity index (χ3n) is 9.50. The summed E-state index contributed by atoms with van der Waals surface area (Å²) in [6, 6.07) is 0. The van der Waals surface area contributed by atoms with Gasteiger partial charge >= 0.3 is 5.97 Å². The average Bonchev–Trinajstić information content (AvgIpc) is 3.39. The number of allylic oxidation sites excluding steroid dienone is 4. The molecule has 0 amide bonds. The first-order chi connectivity index (χ1) is 13.6. The van der Waals surface area contributed by atoms with Crippen molar-refractivity contribution in [3.05, 3.63) is 22.8 Å². The van der Waals surface area contributed by atoms with Gasteiger partial charge in [-0.1, -0.05) is 31.5 Å². The predicted molar refractivity (Wildman–Crippen MR) is 109 cm³/mol. The first-order valence-electron chi connectivity index (χ1n) is 10.9. The fraction of sp³-hybridized carbons (Fsp3) is 0.708. The summed E-state index contributed by atoms with van der Waals surface area (Å²) in [6.45, 7) is 7.42. The molecular formula is C24H29ClO4. The largest absolute Gasteiger partial charge is 0.451 e. The number of halogens is 1. The van der Waals surface area contributed by atoms with Crippen LogP contribution in [0.5, 0.6) is 0 Å². The third-order valence-corrected chi connectivity index (χ3v) is 9.83. The Labute approximate surface area is 177 Å². The van der Waals surface area contributed by atoms with Gasteiger partial charge < -0.3 is 4.74 Å². The van der Waals surface area contributed by atoms with Gasteiger partial charge in [-0.3, -0.25) is 14.4 Å². The summed E-state index contributed by atoms with van der Waals surface area (Å²) in [5.41, 5.74) is -0.455. The monoisotopic (exact) mass is 416 g/mol. The molecule has 5 aliphatic rings. The summed E-state index contributed by atoms with van der Waals surface area (Å²) in [4.78, 5) is 37.1. The van der Waals surface area contributed by atoms with E-state index in [9.17, 15) is 14.4 Å². The quantitative estimate of drug-likeness (QED) is 0.617. The second-order valence-corrected chi connectivity index (χ2v) is 10.9. The molecule has 8 atom stereocenters. The van der Waals surface area contributed by atoms with Crippen LogP contribution in [0, 0.1) is 40.4 Å². The minimum absolute atomic E-state index is 0.0423. The molecule has 4 nitrogen and oxygen atoms in total. The van der Waals surface area contributed by atoms with Gasteiger partial charge in [0.15, 0.2) is 17.2 Å². The third kappa shape index (κ3) is 2.24. The van der Waals surface area contributed by atoms with E-state index in [2.05, 4.69) is 19.9 Å². The van der Waals surface area contributed by atoms with Crippen LogP contribution in [0.3, 0.4) is 0 Å². The topological polar surface area (TPSA) is 60.4 Å². The number of hydrogen-bond donors (Lipinski definition) is 0. The van der Waals surface area contributed by atoms with Gasteiger partial charge in [-0.05, 0) is 74.3 Å². The van der Waals surface area contributed by atoms with Crippen LogP contribution in [0.4, 0.5) is 0 Å². The SMILES string of the molecule is CC(=O)O[C@@]1(C(C)=O)CC[C@H]2[C@@H]3C=C(Cl)C4=CC(=O)C5CC5[C@@]4(C)[C@@H]3CC[C@@]21C. The van der Waals surface area contributed by atoms with Crippen molar-refractivity contribution in [2.45, 2.75) is 65.4 Å². The first-order valence-corrected chi connectivity index (χ1v) is 11.3. The van der Waals surface area contributed by atoms with Crippen molar-refractivity contribution >= 4 is 29.1 Å². The molecule has 0 aromatic rings. The molecule has 0 heterocycles. The normalized spacial score (nSPS) is 49.7. The number of hydrogen-bond acceptors (Lipinski definition) is 4. The van der Waals surface area contributed by atoms with Gasteiger partial charge in [-0.2, -0.15) is 0 Å². The lowest BCUT2D eigenvalue weighted by Crippen LogP contribution is -2.58. The van der Waals surface area contributed by atoms with Crippen molar-refractivity contribution in [2.24, 2.45) is 40.4 Å². The van der Waals surface area contributed by atoms with Gasteiger partial charge in [0.05, 0.1) is 0 Å². The molecule has 2 unspecified atom stereocenters. The summed E-state index contributed by atoms with van der Waals surface area (Å²) in [5.74, 6) is 1.27. The second-order valence-electron chi connectivity index (χ2n) is 10.5. The molecule has 0 N–H and O–H groups in total. The van der Waals surface area contributed by atoms with Crippen LogP contribution in [0.15, 0.2) is 22.8 Å². The summed E-state index contributed by atoms with van der Waals surface area (Å²) in [6.07, 6.45) is 8.18. The van der Waals surface area contributed by atoms with E-state index in [4.69, 9.17) is 16.3 Å². The molecule has 29 heavy (non-hydrogen) atoms. The van der Waals surface area contributed by atoms with Crippen LogP contribution in [0.2, 0.25) is 0 Å². The van der Waals surface area contributed by atoms with Crippen LogP contribution in [-0.4, -0.2) is 23.1 Å². The number of carbonyl (C=O) groups excluding carboxylic acids is 3. The summed E-state index contributed by atoms with van der Waals surface area (Å²) in [5, 5.41) is 0.713. The molecule has 0 radical (unpaired) electrons. The van der Waals surface area contributed by atoms with E-state index >= 15 is 0 Å². The second kappa shape index (κ2) is 5.84. The highest BCUT2D eigenvalue weighted by Crippen LogP contribution is 2.72. The maximum absolute atomic E-state index is 12.8. The Bertz CT molecular complexity index is 903. The van der Waals surface area contributed by atoms with Crippen LogP contribution in [0.25, 0.3) is 0 Å². The lowest BCUT2D eigenvalue weighted by Gasteiger charge is -2.57. The standard InChI is InChI=1S/C24H29ClO4/c1-12(26)24(29-13(2)27)8-6-16-14-10-20(25)19-11-21(28)15-9-18(15)23(19,4)17(14)5-7-22(16,24)3/h10-11,14-18H,5-9H2,1-4H3/t14-,15?,16-,17+,18?,22-,23+,24+/m0/s1. The number of ketones is 2. The Morgan fingerprint density at radius 3 is 2.45 bits per heavy atom. The number of carbonyl (C=O) groups is 3. The minimum Gasteiger partial charge on any atom is -0.451 e. The number of esters is 1. The van der Waals surface area contributed by atoms with Gasteiger partial charge in [0.2, 0.25) is 0 Å². The van der Waals surface area contributed by atoms with Crippen LogP contribution in [-0.2, 0) is 19.1 Å². The van der Waals surface area contributed by atoms with Crippen molar-refractivity contribution in [3.63, 3.8) is 0 Å². The molecule has 5 aliphatic carbocycles. The highest BCUT2D eigenvalue weighted by atomic mass is 35.5. The van der Waals surface area contributed by atoms with E-state index < -0.39 is 5.60 Å². The molecule has 0 spiro atoms. The number of fused-ring (bicyclic) bond motifs is 7. The Morgan fingerprint density at radius 1 is 1.10 bits per heavy atom. The van der Waals surface area contributed by atoms with E-state index in [1.165, 1.54) is 6.92 Å². The lowest BCUT2D eigenvalue weighted by atomic mass is 9.47. The molecule has 0 bridgehead atoms. The Balaban J connectivity index is 1.60. The molecule has 0 aromatic carbocycles. The lowest BCUT2D eigenvalue weighted by molar-refractivity contribution is -0.185. The van der Waals surface area contributed by atoms with Gasteiger partial charge in [0.25, 0.3) is 0 Å². The maximum Gasteiger partial charge on any atom is 0.303 e. The van der Waals surface area contributed by atoms with Crippen LogP contribution >= 0.6 is 11.6 Å². The molecular weight excluding hydrogens is 388 g/mol. The van der Waals surface area contributed by atoms with Crippen molar-refractivity contribution in [3.8, 4) is 0 Å². The Hall–Kier alpha value is -1.42. The number of ether oxygens (including phenoxy) is 1. The van der Waals surface area contributed by atoms with E-state index in [-0.39, 0.29) is 46.1 Å². The van der Waals surface area contributed by atoms with Crippen molar-refractivity contribution in [2.75, 3.05) is 0 Å². The zero-order valence-corrected chi connectivity index (χ0v) is 18.3. The number of Topliss-reactive ketones (excluding diaryl/α,β-unsaturated/α-hetero) is 1. The number of rotatable bonds is 2. The van der Waals surface area contributed by atoms with E-state index in [0.29, 0.717) is 23.3 Å². The molecule has 0 aliphatic heterocycles. The maximum atomic E-state index is 12.8. The molecule has 156 valence electrons. The fourth-order valence-electron chi connectivity index (χ4n) is 8.03. The zero-order valence-electron chi connectivity index (χ0n) is 17.6. The van der Waals surface area contributed by atoms with E-state index in [0.717, 1.165) is 31.3 Å². The highest BCUT2D eigenvalue weighted by molar-refractivity contribution is 6.32. The summed E-state index contributed by atoms with van der Waals surface area (Å²) >= 11 is 6.79. The van der Waals surface area contributed by atoms with Crippen LogP contribution in [0.1, 0.15) is 59.8 Å². The van der Waals surface area contributed by atoms with Gasteiger partial charge in [-0.15, -0.1) is 0 Å². The summed E-state index contributed by atoms with van der Waals surface area (Å²) in [7, 11) is 0. The van der Waals surface area contributed by atoms with E-state index in [1.807, 2.05) is 6.08 Å². The fourth-order valence-corrected chi connectivity index (χ4v) is 8.43. The summed E-state index contributed by atoms with van der Waals surface area (Å²) < 4.78 is 5.82. The van der Waals surface area contributed by atoms with Crippen molar-refractivity contribution in [1.29, 1.82) is 0 Å². The molecule has 0 aromatic heterocycles. The first kappa shape index (κ1) is 19.5. The molecule has 3 saturated carbocycles. The zero-order chi connectivity index (χ0) is 20.9. The highest BCUT2D eigenvalue weighted by Gasteiger charge is 2.70. The molecule has 5 heteroatoms. The molecule has 0 saturated heterocycles. The predicted octanol–water partition coefficient (Wildman–Crippen LogP) is 4.61. The smallest absolute Gasteiger partial charge is 0.303 e. The van der Waals surface area contributed by atoms with Crippen molar-refractivity contribution in [1.82, 2.24) is 0 Å². The van der Waals surface area contributed by atoms with Crippen molar-refractivity contribution < 1.29 is 19.1 Å². The van der Waals surface area contributed by atoms with Gasteiger partial charge in [0, 0.05) is 28.7 Å².